The second-order valence-electron chi connectivity index (χ2n) is 6.67. The monoisotopic (exact) mass is 381 g/mol. The highest BCUT2D eigenvalue weighted by molar-refractivity contribution is 6.33. The van der Waals surface area contributed by atoms with Crippen LogP contribution in [0.15, 0.2) is 60.8 Å². The van der Waals surface area contributed by atoms with Crippen LogP contribution in [0.5, 0.6) is 5.75 Å². The number of carbonyl (C=O) groups excluding carboxylic acids is 1. The van der Waals surface area contributed by atoms with Gasteiger partial charge in [-0.05, 0) is 24.6 Å². The molecule has 6 heteroatoms. The quantitative estimate of drug-likeness (QED) is 0.718. The van der Waals surface area contributed by atoms with Crippen LogP contribution in [0.25, 0.3) is 11.3 Å². The van der Waals surface area contributed by atoms with Crippen LogP contribution in [-0.2, 0) is 0 Å². The van der Waals surface area contributed by atoms with Gasteiger partial charge in [0.1, 0.15) is 5.75 Å². The lowest BCUT2D eigenvalue weighted by Crippen LogP contribution is -2.29. The number of rotatable bonds is 5. The van der Waals surface area contributed by atoms with E-state index in [9.17, 15) is 4.79 Å². The van der Waals surface area contributed by atoms with E-state index in [0.717, 1.165) is 24.3 Å². The Kier molecular flexibility index (Phi) is 5.12. The molecule has 1 N–H and O–H groups in total. The van der Waals surface area contributed by atoms with E-state index in [1.165, 1.54) is 0 Å². The number of amides is 1. The van der Waals surface area contributed by atoms with E-state index in [1.807, 2.05) is 53.4 Å². The molecule has 1 atom stereocenters. The van der Waals surface area contributed by atoms with E-state index in [1.54, 1.807) is 12.3 Å². The Morgan fingerprint density at radius 1 is 1.19 bits per heavy atom. The number of para-hydroxylation sites is 1. The minimum atomic E-state index is -0.0270. The lowest BCUT2D eigenvalue weighted by atomic mass is 10.1. The molecule has 0 spiro atoms. The van der Waals surface area contributed by atoms with Gasteiger partial charge in [0.05, 0.1) is 24.1 Å². The Morgan fingerprint density at radius 3 is 2.78 bits per heavy atom. The van der Waals surface area contributed by atoms with Gasteiger partial charge in [-0.3, -0.25) is 9.89 Å². The predicted molar refractivity (Wildman–Crippen MR) is 105 cm³/mol. The van der Waals surface area contributed by atoms with E-state index < -0.39 is 0 Å². The molecule has 4 rings (SSSR count). The Hall–Kier alpha value is -2.79. The van der Waals surface area contributed by atoms with Gasteiger partial charge in [-0.25, -0.2) is 0 Å². The van der Waals surface area contributed by atoms with E-state index in [0.29, 0.717) is 35.3 Å². The molecule has 1 aliphatic heterocycles. The Morgan fingerprint density at radius 2 is 1.96 bits per heavy atom. The Balaban J connectivity index is 1.43. The van der Waals surface area contributed by atoms with Crippen LogP contribution in [0.3, 0.4) is 0 Å². The van der Waals surface area contributed by atoms with Crippen molar-refractivity contribution in [2.24, 2.45) is 5.92 Å². The van der Waals surface area contributed by atoms with Crippen molar-refractivity contribution in [2.75, 3.05) is 19.7 Å². The molecular weight excluding hydrogens is 362 g/mol. The maximum absolute atomic E-state index is 13.0. The molecule has 1 aromatic heterocycles. The van der Waals surface area contributed by atoms with Gasteiger partial charge >= 0.3 is 0 Å². The van der Waals surface area contributed by atoms with Crippen molar-refractivity contribution in [3.63, 3.8) is 0 Å². The summed E-state index contributed by atoms with van der Waals surface area (Å²) in [5, 5.41) is 7.58. The summed E-state index contributed by atoms with van der Waals surface area (Å²) in [6, 6.07) is 17.2. The van der Waals surface area contributed by atoms with E-state index in [4.69, 9.17) is 16.3 Å². The number of aromatic nitrogens is 2. The average Bonchev–Trinajstić information content (AvgIpc) is 3.37. The highest BCUT2D eigenvalue weighted by Gasteiger charge is 2.29. The van der Waals surface area contributed by atoms with Crippen LogP contribution in [0.4, 0.5) is 0 Å². The third kappa shape index (κ3) is 3.83. The topological polar surface area (TPSA) is 58.2 Å². The summed E-state index contributed by atoms with van der Waals surface area (Å²) in [5.74, 6) is 1.16. The molecule has 27 heavy (non-hydrogen) atoms. The molecule has 1 saturated heterocycles. The van der Waals surface area contributed by atoms with Crippen molar-refractivity contribution >= 4 is 17.5 Å². The number of carbonyl (C=O) groups is 1. The smallest absolute Gasteiger partial charge is 0.257 e. The van der Waals surface area contributed by atoms with Gasteiger partial charge in [0.15, 0.2) is 0 Å². The summed E-state index contributed by atoms with van der Waals surface area (Å²) >= 11 is 6.29. The molecule has 0 aliphatic carbocycles. The Labute approximate surface area is 162 Å². The van der Waals surface area contributed by atoms with Gasteiger partial charge in [-0.2, -0.15) is 5.10 Å². The predicted octanol–water partition coefficient (Wildman–Crippen LogP) is 4.27. The fourth-order valence-corrected chi connectivity index (χ4v) is 3.60. The molecular formula is C21H20ClN3O2. The summed E-state index contributed by atoms with van der Waals surface area (Å²) < 4.78 is 5.84. The Bertz CT molecular complexity index is 926. The van der Waals surface area contributed by atoms with Crippen LogP contribution in [0.2, 0.25) is 5.02 Å². The second kappa shape index (κ2) is 7.84. The van der Waals surface area contributed by atoms with Crippen LogP contribution < -0.4 is 4.74 Å². The number of hydrogen-bond donors (Lipinski definition) is 1. The number of likely N-dealkylation sites (tertiary alicyclic amines) is 1. The van der Waals surface area contributed by atoms with Crippen LogP contribution in [0.1, 0.15) is 16.8 Å². The SMILES string of the molecule is O=C(c1cn[nH]c1-c1ccccc1Cl)N1CCC(COc2ccccc2)C1. The number of ether oxygens (including phenoxy) is 1. The molecule has 1 fully saturated rings. The van der Waals surface area contributed by atoms with Crippen molar-refractivity contribution < 1.29 is 9.53 Å². The van der Waals surface area contributed by atoms with Crippen LogP contribution in [-0.4, -0.2) is 40.7 Å². The first-order valence-electron chi connectivity index (χ1n) is 8.98. The second-order valence-corrected chi connectivity index (χ2v) is 7.08. The molecule has 3 aromatic rings. The standard InChI is InChI=1S/C21H20ClN3O2/c22-19-9-5-4-8-17(19)20-18(12-23-24-20)21(26)25-11-10-15(13-25)14-27-16-6-2-1-3-7-16/h1-9,12,15H,10-11,13-14H2,(H,23,24). The molecule has 5 nitrogen and oxygen atoms in total. The minimum Gasteiger partial charge on any atom is -0.493 e. The number of hydrogen-bond acceptors (Lipinski definition) is 3. The average molecular weight is 382 g/mol. The summed E-state index contributed by atoms with van der Waals surface area (Å²) in [5.41, 5.74) is 1.99. The number of nitrogens with one attached hydrogen (secondary N) is 1. The number of nitrogens with zero attached hydrogens (tertiary/aromatic N) is 2. The largest absolute Gasteiger partial charge is 0.493 e. The van der Waals surface area contributed by atoms with Crippen molar-refractivity contribution in [3.8, 4) is 17.0 Å². The van der Waals surface area contributed by atoms with Crippen molar-refractivity contribution in [1.29, 1.82) is 0 Å². The molecule has 0 saturated carbocycles. The lowest BCUT2D eigenvalue weighted by molar-refractivity contribution is 0.0784. The molecule has 0 radical (unpaired) electrons. The number of benzene rings is 2. The summed E-state index contributed by atoms with van der Waals surface area (Å²) in [7, 11) is 0. The maximum atomic E-state index is 13.0. The fourth-order valence-electron chi connectivity index (χ4n) is 3.37. The number of H-pyrrole nitrogens is 1. The number of halogens is 1. The van der Waals surface area contributed by atoms with Gasteiger partial charge in [0, 0.05) is 29.6 Å². The summed E-state index contributed by atoms with van der Waals surface area (Å²) in [6.45, 7) is 2.00. The molecule has 1 amide bonds. The molecule has 1 aliphatic rings. The minimum absolute atomic E-state index is 0.0270. The van der Waals surface area contributed by atoms with Crippen LogP contribution in [0, 0.1) is 5.92 Å². The van der Waals surface area contributed by atoms with Crippen molar-refractivity contribution in [2.45, 2.75) is 6.42 Å². The van der Waals surface area contributed by atoms with Gasteiger partial charge in [-0.1, -0.05) is 48.0 Å². The van der Waals surface area contributed by atoms with Crippen molar-refractivity contribution in [1.82, 2.24) is 15.1 Å². The fraction of sp³-hybridized carbons (Fsp3) is 0.238. The summed E-state index contributed by atoms with van der Waals surface area (Å²) in [6.07, 6.45) is 2.51. The van der Waals surface area contributed by atoms with Gasteiger partial charge < -0.3 is 9.64 Å². The molecule has 2 heterocycles. The third-order valence-electron chi connectivity index (χ3n) is 4.81. The maximum Gasteiger partial charge on any atom is 0.257 e. The first kappa shape index (κ1) is 17.6. The van der Waals surface area contributed by atoms with E-state index in [2.05, 4.69) is 10.2 Å². The zero-order chi connectivity index (χ0) is 18.6. The zero-order valence-electron chi connectivity index (χ0n) is 14.8. The number of aromatic amines is 1. The zero-order valence-corrected chi connectivity index (χ0v) is 15.5. The van der Waals surface area contributed by atoms with Crippen LogP contribution >= 0.6 is 11.6 Å². The highest BCUT2D eigenvalue weighted by atomic mass is 35.5. The normalized spacial score (nSPS) is 16.5. The van der Waals surface area contributed by atoms with E-state index in [-0.39, 0.29) is 5.91 Å². The lowest BCUT2D eigenvalue weighted by Gasteiger charge is -2.17. The van der Waals surface area contributed by atoms with Gasteiger partial charge in [-0.15, -0.1) is 0 Å². The van der Waals surface area contributed by atoms with Gasteiger partial charge in [0.2, 0.25) is 0 Å². The van der Waals surface area contributed by atoms with Gasteiger partial charge in [0.25, 0.3) is 5.91 Å². The molecule has 1 unspecified atom stereocenters. The highest BCUT2D eigenvalue weighted by Crippen LogP contribution is 2.30. The molecule has 138 valence electrons. The molecule has 2 aromatic carbocycles. The third-order valence-corrected chi connectivity index (χ3v) is 5.14. The first-order chi connectivity index (χ1) is 13.2. The summed E-state index contributed by atoms with van der Waals surface area (Å²) in [4.78, 5) is 14.9. The van der Waals surface area contributed by atoms with E-state index >= 15 is 0 Å². The van der Waals surface area contributed by atoms with Crippen molar-refractivity contribution in [3.05, 3.63) is 71.4 Å². The molecule has 0 bridgehead atoms. The first-order valence-corrected chi connectivity index (χ1v) is 9.35.